The van der Waals surface area contributed by atoms with E-state index in [1.165, 1.54) is 25.5 Å². The lowest BCUT2D eigenvalue weighted by molar-refractivity contribution is -0.138. The molecular formula is C16H22N2O5S. The number of nitrogens with zero attached hydrogens (tertiary/aromatic N) is 2. The van der Waals surface area contributed by atoms with Crippen LogP contribution in [-0.4, -0.2) is 51.7 Å². The molecule has 0 spiro atoms. The third-order valence-electron chi connectivity index (χ3n) is 3.06. The summed E-state index contributed by atoms with van der Waals surface area (Å²) in [5, 5.41) is 3.54. The molecule has 0 bridgehead atoms. The Labute approximate surface area is 142 Å². The molecule has 0 saturated heterocycles. The molecule has 0 atom stereocenters. The Kier molecular flexibility index (Phi) is 7.60. The second-order valence-electron chi connectivity index (χ2n) is 4.91. The summed E-state index contributed by atoms with van der Waals surface area (Å²) in [4.78, 5) is 16.4. The molecule has 0 unspecified atom stereocenters. The highest BCUT2D eigenvalue weighted by Gasteiger charge is 2.26. The first-order chi connectivity index (χ1) is 11.3. The van der Waals surface area contributed by atoms with Gasteiger partial charge in [0.1, 0.15) is 7.11 Å². The maximum absolute atomic E-state index is 12.8. The summed E-state index contributed by atoms with van der Waals surface area (Å²) in [6, 6.07) is 6.43. The predicted octanol–water partition coefficient (Wildman–Crippen LogP) is 1.74. The van der Waals surface area contributed by atoms with Crippen molar-refractivity contribution in [1.82, 2.24) is 4.31 Å². The summed E-state index contributed by atoms with van der Waals surface area (Å²) < 4.78 is 31.5. The van der Waals surface area contributed by atoms with Crippen LogP contribution in [0.15, 0.2) is 46.5 Å². The summed E-state index contributed by atoms with van der Waals surface area (Å²) in [5.41, 5.74) is 0.982. The highest BCUT2D eigenvalue weighted by atomic mass is 32.2. The molecule has 8 heteroatoms. The summed E-state index contributed by atoms with van der Waals surface area (Å²) in [6.07, 6.45) is 1.30. The molecule has 24 heavy (non-hydrogen) atoms. The van der Waals surface area contributed by atoms with Crippen LogP contribution in [0, 0.1) is 6.92 Å². The van der Waals surface area contributed by atoms with E-state index in [2.05, 4.69) is 16.6 Å². The van der Waals surface area contributed by atoms with E-state index < -0.39 is 16.0 Å². The van der Waals surface area contributed by atoms with Crippen molar-refractivity contribution >= 4 is 22.2 Å². The highest BCUT2D eigenvalue weighted by Crippen LogP contribution is 2.17. The van der Waals surface area contributed by atoms with Crippen LogP contribution in [0.5, 0.6) is 0 Å². The van der Waals surface area contributed by atoms with Crippen molar-refractivity contribution in [3.05, 3.63) is 42.0 Å². The number of carbonyl (C=O) groups excluding carboxylic acids is 1. The molecule has 1 aromatic carbocycles. The Morgan fingerprint density at radius 1 is 1.33 bits per heavy atom. The molecule has 0 heterocycles. The van der Waals surface area contributed by atoms with Gasteiger partial charge in [-0.05, 0) is 26.0 Å². The number of hydrogen-bond donors (Lipinski definition) is 0. The molecule has 0 amide bonds. The van der Waals surface area contributed by atoms with E-state index in [-0.39, 0.29) is 30.2 Å². The van der Waals surface area contributed by atoms with Crippen LogP contribution in [0.2, 0.25) is 0 Å². The third kappa shape index (κ3) is 5.47. The fourth-order valence-corrected chi connectivity index (χ4v) is 3.18. The number of esters is 1. The number of benzene rings is 1. The van der Waals surface area contributed by atoms with Crippen LogP contribution < -0.4 is 0 Å². The molecule has 0 N–H and O–H groups in total. The van der Waals surface area contributed by atoms with Crippen molar-refractivity contribution < 1.29 is 22.8 Å². The first kappa shape index (κ1) is 19.9. The fourth-order valence-electron chi connectivity index (χ4n) is 1.82. The third-order valence-corrected chi connectivity index (χ3v) is 4.88. The zero-order valence-corrected chi connectivity index (χ0v) is 14.9. The van der Waals surface area contributed by atoms with Crippen LogP contribution in [0.4, 0.5) is 0 Å². The zero-order valence-electron chi connectivity index (χ0n) is 14.1. The lowest BCUT2D eigenvalue weighted by atomic mass is 10.2. The number of ether oxygens (including phenoxy) is 1. The average molecular weight is 354 g/mol. The van der Waals surface area contributed by atoms with E-state index in [1.807, 2.05) is 6.92 Å². The standard InChI is InChI=1S/C16H22N2O5S/c1-5-23-16(19)14(3)12-18(11-10-17-22-4)24(20,21)15-8-6-13(2)7-9-15/h6-10H,3,5,11-12H2,1-2,4H3/b17-10+. The van der Waals surface area contributed by atoms with E-state index in [0.29, 0.717) is 0 Å². The maximum Gasteiger partial charge on any atom is 0.334 e. The fraction of sp³-hybridized carbons (Fsp3) is 0.375. The molecule has 0 radical (unpaired) electrons. The first-order valence-corrected chi connectivity index (χ1v) is 8.73. The molecule has 0 aliphatic heterocycles. The zero-order chi connectivity index (χ0) is 18.2. The number of carbonyl (C=O) groups is 1. The molecule has 0 fully saturated rings. The molecule has 1 rings (SSSR count). The van der Waals surface area contributed by atoms with Gasteiger partial charge in [0.2, 0.25) is 10.0 Å². The molecule has 0 aromatic heterocycles. The van der Waals surface area contributed by atoms with Gasteiger partial charge < -0.3 is 9.57 Å². The molecule has 7 nitrogen and oxygen atoms in total. The van der Waals surface area contributed by atoms with E-state index in [1.54, 1.807) is 19.1 Å². The van der Waals surface area contributed by atoms with Crippen molar-refractivity contribution in [2.45, 2.75) is 18.7 Å². The van der Waals surface area contributed by atoms with Crippen LogP contribution in [0.3, 0.4) is 0 Å². The smallest absolute Gasteiger partial charge is 0.334 e. The van der Waals surface area contributed by atoms with Crippen LogP contribution in [-0.2, 0) is 24.4 Å². The Balaban J connectivity index is 3.07. The monoisotopic (exact) mass is 354 g/mol. The van der Waals surface area contributed by atoms with Gasteiger partial charge >= 0.3 is 5.97 Å². The van der Waals surface area contributed by atoms with Gasteiger partial charge in [0.15, 0.2) is 0 Å². The Morgan fingerprint density at radius 3 is 2.50 bits per heavy atom. The van der Waals surface area contributed by atoms with Crippen molar-refractivity contribution in [3.63, 3.8) is 0 Å². The first-order valence-electron chi connectivity index (χ1n) is 7.29. The number of aryl methyl sites for hydroxylation is 1. The molecule has 0 saturated carbocycles. The van der Waals surface area contributed by atoms with Gasteiger partial charge in [0.25, 0.3) is 0 Å². The van der Waals surface area contributed by atoms with Gasteiger partial charge in [-0.3, -0.25) is 0 Å². The van der Waals surface area contributed by atoms with Gasteiger partial charge in [-0.1, -0.05) is 29.4 Å². The Morgan fingerprint density at radius 2 is 1.96 bits per heavy atom. The van der Waals surface area contributed by atoms with Crippen LogP contribution in [0.1, 0.15) is 12.5 Å². The predicted molar refractivity (Wildman–Crippen MR) is 91.2 cm³/mol. The number of rotatable bonds is 9. The lowest BCUT2D eigenvalue weighted by Crippen LogP contribution is -2.35. The number of hydrogen-bond acceptors (Lipinski definition) is 6. The lowest BCUT2D eigenvalue weighted by Gasteiger charge is -2.21. The number of sulfonamides is 1. The SMILES string of the molecule is C=C(CN(C/C=N/OC)S(=O)(=O)c1ccc(C)cc1)C(=O)OCC. The van der Waals surface area contributed by atoms with E-state index >= 15 is 0 Å². The summed E-state index contributed by atoms with van der Waals surface area (Å²) in [6.45, 7) is 7.05. The van der Waals surface area contributed by atoms with E-state index in [0.717, 1.165) is 9.87 Å². The molecule has 0 aliphatic carbocycles. The summed E-state index contributed by atoms with van der Waals surface area (Å²) >= 11 is 0. The van der Waals surface area contributed by atoms with Gasteiger partial charge in [-0.2, -0.15) is 4.31 Å². The molecule has 0 aliphatic rings. The van der Waals surface area contributed by atoms with Crippen LogP contribution >= 0.6 is 0 Å². The minimum absolute atomic E-state index is 0.0401. The van der Waals surface area contributed by atoms with Gasteiger partial charge in [0, 0.05) is 12.1 Å². The highest BCUT2D eigenvalue weighted by molar-refractivity contribution is 7.89. The number of oxime groups is 1. The maximum atomic E-state index is 12.8. The Bertz CT molecular complexity index is 696. The minimum atomic E-state index is -3.82. The average Bonchev–Trinajstić information content (AvgIpc) is 2.54. The van der Waals surface area contributed by atoms with Gasteiger partial charge in [-0.15, -0.1) is 0 Å². The van der Waals surface area contributed by atoms with E-state index in [4.69, 9.17) is 4.74 Å². The Hall–Kier alpha value is -2.19. The molecule has 1 aromatic rings. The normalized spacial score (nSPS) is 11.7. The van der Waals surface area contributed by atoms with E-state index in [9.17, 15) is 13.2 Å². The quantitative estimate of drug-likeness (QED) is 0.292. The summed E-state index contributed by atoms with van der Waals surface area (Å²) in [5.74, 6) is -0.634. The molecule has 132 valence electrons. The minimum Gasteiger partial charge on any atom is -0.463 e. The molecular weight excluding hydrogens is 332 g/mol. The van der Waals surface area contributed by atoms with Crippen LogP contribution in [0.25, 0.3) is 0 Å². The summed E-state index contributed by atoms with van der Waals surface area (Å²) in [7, 11) is -2.47. The van der Waals surface area contributed by atoms with Crippen molar-refractivity contribution in [1.29, 1.82) is 0 Å². The van der Waals surface area contributed by atoms with Crippen molar-refractivity contribution in [2.24, 2.45) is 5.16 Å². The second-order valence-corrected chi connectivity index (χ2v) is 6.84. The van der Waals surface area contributed by atoms with Gasteiger partial charge in [0.05, 0.1) is 24.3 Å². The van der Waals surface area contributed by atoms with Gasteiger partial charge in [-0.25, -0.2) is 13.2 Å². The van der Waals surface area contributed by atoms with Crippen molar-refractivity contribution in [3.8, 4) is 0 Å². The topological polar surface area (TPSA) is 85.3 Å². The second kappa shape index (κ2) is 9.19. The van der Waals surface area contributed by atoms with Crippen molar-refractivity contribution in [2.75, 3.05) is 26.8 Å². The largest absolute Gasteiger partial charge is 0.463 e.